The first-order valence-electron chi connectivity index (χ1n) is 5.12. The van der Waals surface area contributed by atoms with Crippen molar-refractivity contribution in [1.82, 2.24) is 5.43 Å². The second kappa shape index (κ2) is 6.79. The highest BCUT2D eigenvalue weighted by Crippen LogP contribution is 2.06. The lowest BCUT2D eigenvalue weighted by molar-refractivity contribution is 0.141. The van der Waals surface area contributed by atoms with E-state index < -0.39 is 0 Å². The van der Waals surface area contributed by atoms with Crippen LogP contribution in [0.1, 0.15) is 40.5 Å². The molecule has 14 heavy (non-hydrogen) atoms. The molecule has 0 amide bonds. The topological polar surface area (TPSA) is 59.6 Å². The number of nitrogens with zero attached hydrogens (tertiary/aromatic N) is 1. The smallest absolute Gasteiger partial charge is 0.113 e. The van der Waals surface area contributed by atoms with Gasteiger partial charge in [0.1, 0.15) is 5.84 Å². The average Bonchev–Trinajstić information content (AvgIpc) is 2.08. The number of nitrogens with two attached hydrogens (primary N) is 1. The molecule has 0 heterocycles. The van der Waals surface area contributed by atoms with Crippen molar-refractivity contribution < 1.29 is 4.74 Å². The summed E-state index contributed by atoms with van der Waals surface area (Å²) in [6, 6.07) is 0. The summed E-state index contributed by atoms with van der Waals surface area (Å²) in [6.07, 6.45) is 1.79. The van der Waals surface area contributed by atoms with Crippen molar-refractivity contribution in [3.8, 4) is 0 Å². The number of nitrogens with one attached hydrogen (secondary N) is 1. The Hall–Kier alpha value is -0.610. The van der Waals surface area contributed by atoms with E-state index >= 15 is 0 Å². The van der Waals surface area contributed by atoms with E-state index in [4.69, 9.17) is 10.6 Å². The quantitative estimate of drug-likeness (QED) is 0.233. The summed E-state index contributed by atoms with van der Waals surface area (Å²) in [4.78, 5) is 4.43. The molecular formula is C10H23N3O. The maximum absolute atomic E-state index is 5.36. The molecule has 3 N–H and O–H groups in total. The van der Waals surface area contributed by atoms with Crippen LogP contribution in [0.2, 0.25) is 0 Å². The van der Waals surface area contributed by atoms with Crippen LogP contribution in [0.5, 0.6) is 0 Å². The molecule has 0 atom stereocenters. The predicted octanol–water partition coefficient (Wildman–Crippen LogP) is 1.46. The van der Waals surface area contributed by atoms with Crippen LogP contribution in [0, 0.1) is 0 Å². The van der Waals surface area contributed by atoms with Gasteiger partial charge in [-0.25, -0.2) is 5.84 Å². The van der Waals surface area contributed by atoms with E-state index in [9.17, 15) is 0 Å². The van der Waals surface area contributed by atoms with Crippen molar-refractivity contribution in [1.29, 1.82) is 0 Å². The fourth-order valence-electron chi connectivity index (χ4n) is 0.980. The molecule has 4 nitrogen and oxygen atoms in total. The van der Waals surface area contributed by atoms with Crippen molar-refractivity contribution in [3.05, 3.63) is 0 Å². The van der Waals surface area contributed by atoms with E-state index in [0.29, 0.717) is 6.61 Å². The van der Waals surface area contributed by atoms with Crippen LogP contribution < -0.4 is 11.3 Å². The highest BCUT2D eigenvalue weighted by Gasteiger charge is 2.08. The van der Waals surface area contributed by atoms with Crippen LogP contribution in [-0.4, -0.2) is 24.6 Å². The monoisotopic (exact) mass is 201 g/mol. The van der Waals surface area contributed by atoms with Crippen molar-refractivity contribution >= 4 is 5.84 Å². The molecule has 0 saturated heterocycles. The van der Waals surface area contributed by atoms with Gasteiger partial charge in [-0.15, -0.1) is 0 Å². The van der Waals surface area contributed by atoms with Crippen molar-refractivity contribution in [2.75, 3.05) is 13.2 Å². The lowest BCUT2D eigenvalue weighted by Gasteiger charge is -2.15. The first-order chi connectivity index (χ1) is 6.49. The highest BCUT2D eigenvalue weighted by atomic mass is 16.5. The van der Waals surface area contributed by atoms with Crippen molar-refractivity contribution in [2.45, 2.75) is 46.1 Å². The SMILES string of the molecule is CCCOCCC(=NC(C)(C)C)NN. The molecule has 0 saturated carbocycles. The van der Waals surface area contributed by atoms with E-state index in [2.05, 4.69) is 17.3 Å². The summed E-state index contributed by atoms with van der Waals surface area (Å²) in [7, 11) is 0. The molecule has 0 spiro atoms. The molecule has 0 aromatic rings. The van der Waals surface area contributed by atoms with Gasteiger partial charge in [-0.05, 0) is 27.2 Å². The Kier molecular flexibility index (Phi) is 6.49. The number of hydrogen-bond donors (Lipinski definition) is 2. The lowest BCUT2D eigenvalue weighted by Crippen LogP contribution is -2.33. The normalized spacial score (nSPS) is 13.1. The zero-order valence-electron chi connectivity index (χ0n) is 9.76. The number of hydrazine groups is 1. The van der Waals surface area contributed by atoms with E-state index in [-0.39, 0.29) is 5.54 Å². The van der Waals surface area contributed by atoms with E-state index in [1.165, 1.54) is 0 Å². The molecule has 0 aromatic carbocycles. The van der Waals surface area contributed by atoms with Crippen LogP contribution in [0.3, 0.4) is 0 Å². The maximum Gasteiger partial charge on any atom is 0.113 e. The minimum absolute atomic E-state index is 0.0908. The summed E-state index contributed by atoms with van der Waals surface area (Å²) in [5.41, 5.74) is 2.51. The molecule has 0 rings (SSSR count). The third-order valence-corrected chi connectivity index (χ3v) is 1.47. The van der Waals surface area contributed by atoms with Crippen LogP contribution >= 0.6 is 0 Å². The van der Waals surface area contributed by atoms with Gasteiger partial charge >= 0.3 is 0 Å². The molecule has 0 aliphatic carbocycles. The Balaban J connectivity index is 3.85. The van der Waals surface area contributed by atoms with Gasteiger partial charge < -0.3 is 10.2 Å². The van der Waals surface area contributed by atoms with Gasteiger partial charge in [0, 0.05) is 13.0 Å². The molecule has 0 aliphatic heterocycles. The van der Waals surface area contributed by atoms with Crippen molar-refractivity contribution in [3.63, 3.8) is 0 Å². The Bertz CT molecular complexity index is 173. The van der Waals surface area contributed by atoms with E-state index in [1.807, 2.05) is 20.8 Å². The van der Waals surface area contributed by atoms with Crippen LogP contribution in [0.25, 0.3) is 0 Å². The number of aliphatic imine (C=N–C) groups is 1. The van der Waals surface area contributed by atoms with Gasteiger partial charge in [0.05, 0.1) is 12.1 Å². The van der Waals surface area contributed by atoms with Gasteiger partial charge in [-0.2, -0.15) is 0 Å². The second-order valence-electron chi connectivity index (χ2n) is 4.24. The number of hydrogen-bond acceptors (Lipinski definition) is 3. The largest absolute Gasteiger partial charge is 0.381 e. The Morgan fingerprint density at radius 1 is 1.36 bits per heavy atom. The molecule has 0 radical (unpaired) electrons. The molecular weight excluding hydrogens is 178 g/mol. The summed E-state index contributed by atoms with van der Waals surface area (Å²) in [5, 5.41) is 0. The van der Waals surface area contributed by atoms with Crippen molar-refractivity contribution in [2.24, 2.45) is 10.8 Å². The predicted molar refractivity (Wildman–Crippen MR) is 60.2 cm³/mol. The Labute approximate surface area is 86.9 Å². The Morgan fingerprint density at radius 2 is 2.00 bits per heavy atom. The molecule has 0 bridgehead atoms. The van der Waals surface area contributed by atoms with Gasteiger partial charge in [0.2, 0.25) is 0 Å². The number of ether oxygens (including phenoxy) is 1. The number of amidine groups is 1. The molecule has 4 heteroatoms. The molecule has 0 aromatic heterocycles. The van der Waals surface area contributed by atoms with Gasteiger partial charge in [-0.1, -0.05) is 6.92 Å². The summed E-state index contributed by atoms with van der Waals surface area (Å²) in [6.45, 7) is 9.68. The fourth-order valence-corrected chi connectivity index (χ4v) is 0.980. The van der Waals surface area contributed by atoms with Crippen LogP contribution in [-0.2, 0) is 4.74 Å². The standard InChI is InChI=1S/C10H23N3O/c1-5-7-14-8-6-9(13-11)12-10(2,3)4/h5-8,11H2,1-4H3,(H,12,13). The third kappa shape index (κ3) is 8.01. The van der Waals surface area contributed by atoms with Crippen LogP contribution in [0.4, 0.5) is 0 Å². The zero-order valence-corrected chi connectivity index (χ0v) is 9.76. The molecule has 0 fully saturated rings. The molecule has 0 aliphatic rings. The summed E-state index contributed by atoms with van der Waals surface area (Å²) in [5.74, 6) is 6.16. The highest BCUT2D eigenvalue weighted by molar-refractivity contribution is 5.82. The third-order valence-electron chi connectivity index (χ3n) is 1.47. The summed E-state index contributed by atoms with van der Waals surface area (Å²) >= 11 is 0. The van der Waals surface area contributed by atoms with Crippen LogP contribution in [0.15, 0.2) is 4.99 Å². The first-order valence-corrected chi connectivity index (χ1v) is 5.12. The van der Waals surface area contributed by atoms with Gasteiger partial charge in [0.15, 0.2) is 0 Å². The fraction of sp³-hybridized carbons (Fsp3) is 0.900. The van der Waals surface area contributed by atoms with E-state index in [0.717, 1.165) is 25.3 Å². The Morgan fingerprint density at radius 3 is 2.43 bits per heavy atom. The lowest BCUT2D eigenvalue weighted by atomic mass is 10.1. The molecule has 84 valence electrons. The van der Waals surface area contributed by atoms with Gasteiger partial charge in [-0.3, -0.25) is 4.99 Å². The summed E-state index contributed by atoms with van der Waals surface area (Å²) < 4.78 is 5.35. The first kappa shape index (κ1) is 13.4. The minimum Gasteiger partial charge on any atom is -0.381 e. The second-order valence-corrected chi connectivity index (χ2v) is 4.24. The van der Waals surface area contributed by atoms with E-state index in [1.54, 1.807) is 0 Å². The zero-order chi connectivity index (χ0) is 11.0. The maximum atomic E-state index is 5.36. The molecule has 0 unspecified atom stereocenters. The average molecular weight is 201 g/mol. The van der Waals surface area contributed by atoms with Gasteiger partial charge in [0.25, 0.3) is 0 Å². The number of rotatable bonds is 5. The minimum atomic E-state index is -0.0908.